The molecule has 1 saturated heterocycles. The molecule has 0 bridgehead atoms. The van der Waals surface area contributed by atoms with Crippen molar-refractivity contribution in [3.05, 3.63) is 65.1 Å². The largest absolute Gasteiger partial charge is 0.340 e. The van der Waals surface area contributed by atoms with Crippen molar-refractivity contribution in [2.45, 2.75) is 13.5 Å². The summed E-state index contributed by atoms with van der Waals surface area (Å²) in [5, 5.41) is 4.31. The highest BCUT2D eigenvalue weighted by Crippen LogP contribution is 2.32. The number of amides is 1. The van der Waals surface area contributed by atoms with E-state index in [9.17, 15) is 9.18 Å². The number of anilines is 4. The lowest BCUT2D eigenvalue weighted by Gasteiger charge is -2.34. The first-order valence-corrected chi connectivity index (χ1v) is 12.7. The van der Waals surface area contributed by atoms with Crippen molar-refractivity contribution >= 4 is 61.6 Å². The molecule has 0 spiro atoms. The zero-order valence-electron chi connectivity index (χ0n) is 19.9. The van der Waals surface area contributed by atoms with Crippen LogP contribution in [-0.4, -0.2) is 63.9 Å². The van der Waals surface area contributed by atoms with Crippen molar-refractivity contribution < 1.29 is 9.18 Å². The van der Waals surface area contributed by atoms with E-state index >= 15 is 0 Å². The molecule has 1 aromatic carbocycles. The number of halogens is 2. The summed E-state index contributed by atoms with van der Waals surface area (Å²) >= 11 is 7.29. The first-order chi connectivity index (χ1) is 17.4. The Balaban J connectivity index is 1.28. The number of aromatic nitrogens is 3. The number of piperazine rings is 1. The Hall–Kier alpha value is -3.34. The maximum atomic E-state index is 14.4. The summed E-state index contributed by atoms with van der Waals surface area (Å²) in [4.78, 5) is 31.9. The SMILES string of the molecule is CC(=O)N1CCN(Cc2ccnc(Nc3nc4ccc(N(C)c5ccc(Cl)cc5F)nc4s3)c2)CC1. The molecule has 3 aromatic heterocycles. The fraction of sp³-hybridized carbons (Fsp3) is 0.280. The van der Waals surface area contributed by atoms with Crippen LogP contribution in [0.2, 0.25) is 5.02 Å². The van der Waals surface area contributed by atoms with Crippen molar-refractivity contribution in [1.82, 2.24) is 24.8 Å². The number of carbonyl (C=O) groups excluding carboxylic acids is 1. The van der Waals surface area contributed by atoms with Gasteiger partial charge in [0.2, 0.25) is 5.91 Å². The van der Waals surface area contributed by atoms with E-state index < -0.39 is 5.82 Å². The van der Waals surface area contributed by atoms with Gasteiger partial charge in [-0.2, -0.15) is 0 Å². The molecule has 36 heavy (non-hydrogen) atoms. The number of hydrogen-bond acceptors (Lipinski definition) is 8. The first-order valence-electron chi connectivity index (χ1n) is 11.5. The fourth-order valence-electron chi connectivity index (χ4n) is 4.15. The number of hydrogen-bond donors (Lipinski definition) is 1. The second-order valence-corrected chi connectivity index (χ2v) is 10.0. The molecule has 1 aliphatic rings. The second-order valence-electron chi connectivity index (χ2n) is 8.62. The van der Waals surface area contributed by atoms with Gasteiger partial charge in [0.1, 0.15) is 27.8 Å². The van der Waals surface area contributed by atoms with Gasteiger partial charge in [-0.05, 0) is 48.0 Å². The van der Waals surface area contributed by atoms with Crippen LogP contribution >= 0.6 is 22.9 Å². The summed E-state index contributed by atoms with van der Waals surface area (Å²) in [6, 6.07) is 12.3. The summed E-state index contributed by atoms with van der Waals surface area (Å²) in [6.07, 6.45) is 1.78. The van der Waals surface area contributed by atoms with Crippen LogP contribution < -0.4 is 10.2 Å². The summed E-state index contributed by atoms with van der Waals surface area (Å²) < 4.78 is 14.4. The minimum Gasteiger partial charge on any atom is -0.340 e. The molecular weight excluding hydrogens is 501 g/mol. The van der Waals surface area contributed by atoms with Gasteiger partial charge in [0, 0.05) is 57.9 Å². The zero-order chi connectivity index (χ0) is 25.2. The zero-order valence-corrected chi connectivity index (χ0v) is 21.5. The van der Waals surface area contributed by atoms with Gasteiger partial charge in [-0.25, -0.2) is 19.3 Å². The van der Waals surface area contributed by atoms with Crippen molar-refractivity contribution in [3.63, 3.8) is 0 Å². The highest BCUT2D eigenvalue weighted by Gasteiger charge is 2.19. The summed E-state index contributed by atoms with van der Waals surface area (Å²) in [5.74, 6) is 1.02. The van der Waals surface area contributed by atoms with E-state index in [0.29, 0.717) is 27.5 Å². The standard InChI is InChI=1S/C25H25ClFN7OS/c1-16(35)34-11-9-33(10-12-34)15-17-7-8-28-22(13-17)30-25-29-20-4-6-23(31-24(20)36-25)32(2)21-5-3-18(26)14-19(21)27/h3-8,13-14H,9-12,15H2,1-2H3,(H,28,29,30). The molecule has 0 aliphatic carbocycles. The van der Waals surface area contributed by atoms with Crippen LogP contribution in [-0.2, 0) is 11.3 Å². The van der Waals surface area contributed by atoms with Gasteiger partial charge in [0.15, 0.2) is 5.13 Å². The maximum absolute atomic E-state index is 14.4. The number of fused-ring (bicyclic) bond motifs is 1. The van der Waals surface area contributed by atoms with Crippen molar-refractivity contribution in [2.24, 2.45) is 0 Å². The van der Waals surface area contributed by atoms with Gasteiger partial charge >= 0.3 is 0 Å². The first kappa shape index (κ1) is 24.4. The smallest absolute Gasteiger partial charge is 0.219 e. The van der Waals surface area contributed by atoms with Crippen molar-refractivity contribution in [2.75, 3.05) is 43.4 Å². The number of thiazole rings is 1. The lowest BCUT2D eigenvalue weighted by atomic mass is 10.2. The molecule has 186 valence electrons. The Kier molecular flexibility index (Phi) is 6.99. The van der Waals surface area contributed by atoms with Crippen LogP contribution in [0, 0.1) is 5.82 Å². The Morgan fingerprint density at radius 3 is 2.69 bits per heavy atom. The Bertz CT molecular complexity index is 1410. The number of pyridine rings is 2. The lowest BCUT2D eigenvalue weighted by Crippen LogP contribution is -2.47. The minimum atomic E-state index is -0.412. The van der Waals surface area contributed by atoms with E-state index in [1.54, 1.807) is 37.2 Å². The Labute approximate surface area is 217 Å². The number of rotatable bonds is 6. The molecule has 1 N–H and O–H groups in total. The number of carbonyl (C=O) groups is 1. The molecule has 8 nitrogen and oxygen atoms in total. The van der Waals surface area contributed by atoms with Crippen LogP contribution in [0.3, 0.4) is 0 Å². The van der Waals surface area contributed by atoms with Crippen LogP contribution in [0.1, 0.15) is 12.5 Å². The molecule has 4 aromatic rings. The van der Waals surface area contributed by atoms with Crippen LogP contribution in [0.25, 0.3) is 10.3 Å². The van der Waals surface area contributed by atoms with Gasteiger partial charge in [-0.15, -0.1) is 0 Å². The third-order valence-corrected chi connectivity index (χ3v) is 7.25. The highest BCUT2D eigenvalue weighted by molar-refractivity contribution is 7.21. The number of benzene rings is 1. The highest BCUT2D eigenvalue weighted by atomic mass is 35.5. The molecule has 0 saturated carbocycles. The lowest BCUT2D eigenvalue weighted by molar-refractivity contribution is -0.130. The van der Waals surface area contributed by atoms with E-state index in [1.807, 2.05) is 29.2 Å². The van der Waals surface area contributed by atoms with E-state index in [4.69, 9.17) is 11.6 Å². The molecule has 11 heteroatoms. The molecule has 1 aliphatic heterocycles. The Morgan fingerprint density at radius 2 is 1.94 bits per heavy atom. The molecule has 4 heterocycles. The summed E-state index contributed by atoms with van der Waals surface area (Å²) in [5.41, 5.74) is 2.27. The van der Waals surface area contributed by atoms with Crippen LogP contribution in [0.4, 0.5) is 26.8 Å². The molecule has 5 rings (SSSR count). The predicted molar refractivity (Wildman–Crippen MR) is 142 cm³/mol. The molecule has 1 fully saturated rings. The topological polar surface area (TPSA) is 77.5 Å². The van der Waals surface area contributed by atoms with E-state index in [2.05, 4.69) is 25.2 Å². The van der Waals surface area contributed by atoms with E-state index in [1.165, 1.54) is 17.4 Å². The van der Waals surface area contributed by atoms with E-state index in [0.717, 1.165) is 48.6 Å². The minimum absolute atomic E-state index is 0.131. The molecule has 0 atom stereocenters. The third kappa shape index (κ3) is 5.40. The van der Waals surface area contributed by atoms with Gasteiger partial charge in [0.05, 0.1) is 5.69 Å². The third-order valence-electron chi connectivity index (χ3n) is 6.14. The molecule has 0 unspecified atom stereocenters. The average Bonchev–Trinajstić information content (AvgIpc) is 3.25. The van der Waals surface area contributed by atoms with Gasteiger partial charge in [0.25, 0.3) is 0 Å². The van der Waals surface area contributed by atoms with Gasteiger partial charge in [-0.1, -0.05) is 22.9 Å². The Morgan fingerprint density at radius 1 is 1.14 bits per heavy atom. The fourth-order valence-corrected chi connectivity index (χ4v) is 5.15. The summed E-state index contributed by atoms with van der Waals surface area (Å²) in [7, 11) is 1.76. The van der Waals surface area contributed by atoms with Crippen LogP contribution in [0.15, 0.2) is 48.7 Å². The maximum Gasteiger partial charge on any atom is 0.219 e. The second kappa shape index (κ2) is 10.3. The number of nitrogens with one attached hydrogen (secondary N) is 1. The van der Waals surface area contributed by atoms with Gasteiger partial charge < -0.3 is 15.1 Å². The molecule has 0 radical (unpaired) electrons. The quantitative estimate of drug-likeness (QED) is 0.377. The van der Waals surface area contributed by atoms with Crippen molar-refractivity contribution in [3.8, 4) is 0 Å². The van der Waals surface area contributed by atoms with E-state index in [-0.39, 0.29) is 5.91 Å². The molecule has 1 amide bonds. The average molecular weight is 526 g/mol. The normalized spacial score (nSPS) is 14.3. The predicted octanol–water partition coefficient (Wildman–Crippen LogP) is 5.05. The summed E-state index contributed by atoms with van der Waals surface area (Å²) in [6.45, 7) is 5.63. The monoisotopic (exact) mass is 525 g/mol. The number of nitrogens with zero attached hydrogens (tertiary/aromatic N) is 6. The van der Waals surface area contributed by atoms with Crippen molar-refractivity contribution in [1.29, 1.82) is 0 Å². The molecular formula is C25H25ClFN7OS. The van der Waals surface area contributed by atoms with Gasteiger partial charge in [-0.3, -0.25) is 9.69 Å². The van der Waals surface area contributed by atoms with Crippen LogP contribution in [0.5, 0.6) is 0 Å².